The van der Waals surface area contributed by atoms with E-state index in [4.69, 9.17) is 22.1 Å². The van der Waals surface area contributed by atoms with E-state index >= 15 is 0 Å². The average molecular weight is 292 g/mol. The highest BCUT2D eigenvalue weighted by Crippen LogP contribution is 2.15. The fraction of sp³-hybridized carbons (Fsp3) is 0.500. The van der Waals surface area contributed by atoms with Gasteiger partial charge in [0, 0.05) is 5.02 Å². The second-order valence-corrected chi connectivity index (χ2v) is 6.69. The fourth-order valence-electron chi connectivity index (χ4n) is 1.40. The van der Waals surface area contributed by atoms with Gasteiger partial charge in [0.25, 0.3) is 0 Å². The highest BCUT2D eigenvalue weighted by molar-refractivity contribution is 7.91. The van der Waals surface area contributed by atoms with Crippen LogP contribution >= 0.6 is 11.6 Å². The minimum atomic E-state index is -2.99. The van der Waals surface area contributed by atoms with Gasteiger partial charge in [-0.25, -0.2) is 8.42 Å². The van der Waals surface area contributed by atoms with E-state index in [2.05, 4.69) is 0 Å². The van der Waals surface area contributed by atoms with Crippen molar-refractivity contribution in [1.29, 1.82) is 0 Å². The molecule has 0 saturated heterocycles. The molecule has 0 aliphatic carbocycles. The van der Waals surface area contributed by atoms with Crippen LogP contribution in [0.25, 0.3) is 0 Å². The second-order valence-electron chi connectivity index (χ2n) is 3.95. The van der Waals surface area contributed by atoms with Gasteiger partial charge in [-0.2, -0.15) is 0 Å². The van der Waals surface area contributed by atoms with E-state index in [-0.39, 0.29) is 11.5 Å². The normalized spacial score (nSPS) is 11.4. The minimum Gasteiger partial charge on any atom is -0.494 e. The van der Waals surface area contributed by atoms with Crippen molar-refractivity contribution in [1.82, 2.24) is 0 Å². The molecule has 1 aromatic rings. The van der Waals surface area contributed by atoms with Crippen LogP contribution in [0.5, 0.6) is 5.75 Å². The standard InChI is InChI=1S/C12H18ClNO3S/c13-11-3-5-12(6-4-11)17-8-2-10-18(15,16)9-1-7-14/h3-6H,1-2,7-10,14H2. The van der Waals surface area contributed by atoms with Crippen molar-refractivity contribution in [2.24, 2.45) is 5.73 Å². The summed E-state index contributed by atoms with van der Waals surface area (Å²) in [6.45, 7) is 0.782. The third kappa shape index (κ3) is 6.23. The predicted octanol–water partition coefficient (Wildman–Crippen LogP) is 1.87. The average Bonchev–Trinajstić information content (AvgIpc) is 2.34. The molecule has 0 aliphatic rings. The van der Waals surface area contributed by atoms with Crippen molar-refractivity contribution >= 4 is 21.4 Å². The van der Waals surface area contributed by atoms with Crippen molar-refractivity contribution in [3.63, 3.8) is 0 Å². The maximum absolute atomic E-state index is 11.5. The summed E-state index contributed by atoms with van der Waals surface area (Å²) in [4.78, 5) is 0. The van der Waals surface area contributed by atoms with Crippen LogP contribution in [0.15, 0.2) is 24.3 Å². The van der Waals surface area contributed by atoms with Crippen LogP contribution < -0.4 is 10.5 Å². The van der Waals surface area contributed by atoms with Crippen molar-refractivity contribution < 1.29 is 13.2 Å². The molecule has 2 N–H and O–H groups in total. The Morgan fingerprint density at radius 1 is 1.11 bits per heavy atom. The molecule has 0 radical (unpaired) electrons. The van der Waals surface area contributed by atoms with Crippen molar-refractivity contribution in [2.75, 3.05) is 24.7 Å². The summed E-state index contributed by atoms with van der Waals surface area (Å²) in [5, 5.41) is 0.645. The zero-order valence-electron chi connectivity index (χ0n) is 10.1. The smallest absolute Gasteiger partial charge is 0.150 e. The Bertz CT molecular complexity index is 445. The Morgan fingerprint density at radius 3 is 2.33 bits per heavy atom. The van der Waals surface area contributed by atoms with Crippen molar-refractivity contribution in [3.8, 4) is 5.75 Å². The molecule has 0 aliphatic heterocycles. The molecule has 4 nitrogen and oxygen atoms in total. The molecule has 1 aromatic carbocycles. The van der Waals surface area contributed by atoms with Crippen LogP contribution in [0, 0.1) is 0 Å². The van der Waals surface area contributed by atoms with E-state index in [1.54, 1.807) is 24.3 Å². The zero-order valence-corrected chi connectivity index (χ0v) is 11.7. The van der Waals surface area contributed by atoms with E-state index in [9.17, 15) is 8.42 Å². The molecule has 0 heterocycles. The zero-order chi connectivity index (χ0) is 13.4. The Labute approximate surface area is 113 Å². The molecule has 0 unspecified atom stereocenters. The third-order valence-corrected chi connectivity index (χ3v) is 4.41. The monoisotopic (exact) mass is 291 g/mol. The molecule has 1 rings (SSSR count). The van der Waals surface area contributed by atoms with Gasteiger partial charge in [0.05, 0.1) is 18.1 Å². The van der Waals surface area contributed by atoms with Crippen molar-refractivity contribution in [3.05, 3.63) is 29.3 Å². The quantitative estimate of drug-likeness (QED) is 0.743. The highest BCUT2D eigenvalue weighted by Gasteiger charge is 2.09. The van der Waals surface area contributed by atoms with E-state index in [0.717, 1.165) is 0 Å². The summed E-state index contributed by atoms with van der Waals surface area (Å²) in [5.41, 5.74) is 5.28. The summed E-state index contributed by atoms with van der Waals surface area (Å²) < 4.78 is 28.4. The van der Waals surface area contributed by atoms with E-state index in [1.807, 2.05) is 0 Å². The van der Waals surface area contributed by atoms with Crippen LogP contribution in [-0.4, -0.2) is 33.1 Å². The maximum atomic E-state index is 11.5. The van der Waals surface area contributed by atoms with E-state index < -0.39 is 9.84 Å². The number of nitrogens with two attached hydrogens (primary N) is 1. The first-order valence-corrected chi connectivity index (χ1v) is 8.02. The van der Waals surface area contributed by atoms with E-state index in [1.165, 1.54) is 0 Å². The van der Waals surface area contributed by atoms with Gasteiger partial charge in [-0.3, -0.25) is 0 Å². The van der Waals surface area contributed by atoms with Gasteiger partial charge in [-0.15, -0.1) is 0 Å². The first-order valence-electron chi connectivity index (χ1n) is 5.82. The summed E-state index contributed by atoms with van der Waals surface area (Å²) in [5.74, 6) is 0.990. The number of rotatable bonds is 8. The van der Waals surface area contributed by atoms with Gasteiger partial charge < -0.3 is 10.5 Å². The molecule has 0 atom stereocenters. The number of sulfone groups is 1. The lowest BCUT2D eigenvalue weighted by molar-refractivity contribution is 0.317. The molecule has 6 heteroatoms. The predicted molar refractivity (Wildman–Crippen MR) is 73.9 cm³/mol. The second kappa shape index (κ2) is 7.61. The van der Waals surface area contributed by atoms with Gasteiger partial charge in [-0.05, 0) is 43.7 Å². The van der Waals surface area contributed by atoms with Gasteiger partial charge in [0.15, 0.2) is 0 Å². The van der Waals surface area contributed by atoms with E-state index in [0.29, 0.717) is 36.8 Å². The Kier molecular flexibility index (Phi) is 6.46. The molecule has 0 amide bonds. The third-order valence-electron chi connectivity index (χ3n) is 2.34. The summed E-state index contributed by atoms with van der Waals surface area (Å²) in [7, 11) is -2.99. The van der Waals surface area contributed by atoms with Gasteiger partial charge >= 0.3 is 0 Å². The molecular weight excluding hydrogens is 274 g/mol. The number of ether oxygens (including phenoxy) is 1. The minimum absolute atomic E-state index is 0.139. The van der Waals surface area contributed by atoms with Crippen molar-refractivity contribution in [2.45, 2.75) is 12.8 Å². The largest absolute Gasteiger partial charge is 0.494 e. The Morgan fingerprint density at radius 2 is 1.72 bits per heavy atom. The van der Waals surface area contributed by atoms with Gasteiger partial charge in [0.2, 0.25) is 0 Å². The summed E-state index contributed by atoms with van der Waals surface area (Å²) >= 11 is 5.74. The molecule has 0 fully saturated rings. The van der Waals surface area contributed by atoms with Gasteiger partial charge in [0.1, 0.15) is 15.6 Å². The molecule has 0 bridgehead atoms. The molecule has 102 valence electrons. The Hall–Kier alpha value is -0.780. The number of halogens is 1. The lowest BCUT2D eigenvalue weighted by Crippen LogP contribution is -2.16. The number of benzene rings is 1. The summed E-state index contributed by atoms with van der Waals surface area (Å²) in [6, 6.07) is 6.97. The lowest BCUT2D eigenvalue weighted by atomic mass is 10.3. The molecule has 0 saturated carbocycles. The maximum Gasteiger partial charge on any atom is 0.150 e. The molecular formula is C12H18ClNO3S. The van der Waals surface area contributed by atoms with Crippen LogP contribution in [0.4, 0.5) is 0 Å². The lowest BCUT2D eigenvalue weighted by Gasteiger charge is -2.06. The first-order chi connectivity index (χ1) is 8.53. The molecule has 18 heavy (non-hydrogen) atoms. The SMILES string of the molecule is NCCCS(=O)(=O)CCCOc1ccc(Cl)cc1. The molecule has 0 spiro atoms. The topological polar surface area (TPSA) is 69.4 Å². The first kappa shape index (κ1) is 15.3. The fourth-order valence-corrected chi connectivity index (χ4v) is 2.90. The van der Waals surface area contributed by atoms with Gasteiger partial charge in [-0.1, -0.05) is 11.6 Å². The number of hydrogen-bond acceptors (Lipinski definition) is 4. The van der Waals surface area contributed by atoms with Crippen LogP contribution in [-0.2, 0) is 9.84 Å². The summed E-state index contributed by atoms with van der Waals surface area (Å²) in [6.07, 6.45) is 0.996. The highest BCUT2D eigenvalue weighted by atomic mass is 35.5. The van der Waals surface area contributed by atoms with Crippen LogP contribution in [0.2, 0.25) is 5.02 Å². The number of hydrogen-bond donors (Lipinski definition) is 1. The van der Waals surface area contributed by atoms with Crippen LogP contribution in [0.1, 0.15) is 12.8 Å². The van der Waals surface area contributed by atoms with Crippen LogP contribution in [0.3, 0.4) is 0 Å². The Balaban J connectivity index is 2.24. The molecule has 0 aromatic heterocycles.